The molecule has 13 heteroatoms. The van der Waals surface area contributed by atoms with Crippen molar-refractivity contribution in [3.63, 3.8) is 0 Å². The number of halogens is 2. The van der Waals surface area contributed by atoms with Gasteiger partial charge in [-0.2, -0.15) is 5.10 Å². The number of hydrogen-bond acceptors (Lipinski definition) is 7. The number of hydrogen-bond donors (Lipinski definition) is 1. The Balaban J connectivity index is 0.000000205. The van der Waals surface area contributed by atoms with Gasteiger partial charge in [-0.1, -0.05) is 30.9 Å². The minimum absolute atomic E-state index is 0.0224. The van der Waals surface area contributed by atoms with Crippen molar-refractivity contribution in [2.24, 2.45) is 11.7 Å². The van der Waals surface area contributed by atoms with E-state index in [2.05, 4.69) is 11.3 Å². The summed E-state index contributed by atoms with van der Waals surface area (Å²) in [5.74, 6) is -0.0215. The van der Waals surface area contributed by atoms with E-state index in [0.29, 0.717) is 50.3 Å². The highest BCUT2D eigenvalue weighted by atomic mass is 35.5. The van der Waals surface area contributed by atoms with Gasteiger partial charge in [0.05, 0.1) is 23.7 Å². The Hall–Kier alpha value is -3.69. The number of ether oxygens (including phenoxy) is 2. The summed E-state index contributed by atoms with van der Waals surface area (Å²) in [6.45, 7) is 8.37. The van der Waals surface area contributed by atoms with Gasteiger partial charge in [0.25, 0.3) is 11.8 Å². The molecule has 44 heavy (non-hydrogen) atoms. The van der Waals surface area contributed by atoms with Gasteiger partial charge in [0.1, 0.15) is 5.82 Å². The van der Waals surface area contributed by atoms with Gasteiger partial charge in [0.15, 0.2) is 17.3 Å². The Morgan fingerprint density at radius 2 is 1.86 bits per heavy atom. The molecule has 2 saturated carbocycles. The van der Waals surface area contributed by atoms with Crippen molar-refractivity contribution in [1.82, 2.24) is 14.7 Å². The summed E-state index contributed by atoms with van der Waals surface area (Å²) in [5, 5.41) is 11.3. The number of nitriles is 1. The Bertz CT molecular complexity index is 1390. The molecule has 7 rings (SSSR count). The van der Waals surface area contributed by atoms with Crippen molar-refractivity contribution < 1.29 is 28.2 Å². The first kappa shape index (κ1) is 33.2. The monoisotopic (exact) mass is 630 g/mol. The predicted molar refractivity (Wildman–Crippen MR) is 162 cm³/mol. The molecule has 2 aromatic rings. The number of aromatic nitrogens is 2. The molecular weight excluding hydrogens is 591 g/mol. The summed E-state index contributed by atoms with van der Waals surface area (Å²) in [5.41, 5.74) is 6.14. The van der Waals surface area contributed by atoms with Crippen LogP contribution in [-0.4, -0.2) is 71.9 Å². The van der Waals surface area contributed by atoms with Crippen LogP contribution in [0.5, 0.6) is 5.75 Å². The summed E-state index contributed by atoms with van der Waals surface area (Å²) >= 11 is 5.56. The minimum atomic E-state index is -0.915. The van der Waals surface area contributed by atoms with Gasteiger partial charge in [-0.3, -0.25) is 19.3 Å². The van der Waals surface area contributed by atoms with Gasteiger partial charge < -0.3 is 20.1 Å². The zero-order valence-corrected chi connectivity index (χ0v) is 26.0. The van der Waals surface area contributed by atoms with E-state index in [-0.39, 0.29) is 34.2 Å². The number of likely N-dealkylation sites (tertiary alicyclic amines) is 1. The van der Waals surface area contributed by atoms with E-state index >= 15 is 0 Å². The fraction of sp³-hybridized carbons (Fsp3) is 0.581. The molecule has 2 saturated heterocycles. The lowest BCUT2D eigenvalue weighted by Gasteiger charge is -2.31. The SMILES string of the molecule is C#N.C1CC1.CCN1C(=O)CCc2c(C(=O)N3CCC4CC43)nn(C3CCOCC3)c21.COc1ccc(Cl)c(C(N)=O)c1F. The summed E-state index contributed by atoms with van der Waals surface area (Å²) in [6.07, 6.45) is 9.61. The highest BCUT2D eigenvalue weighted by Crippen LogP contribution is 2.45. The van der Waals surface area contributed by atoms with Crippen LogP contribution in [0.15, 0.2) is 12.1 Å². The molecule has 2 atom stereocenters. The Labute approximate surface area is 262 Å². The molecular formula is C31H40ClFN6O5. The van der Waals surface area contributed by atoms with Gasteiger partial charge in [-0.25, -0.2) is 14.3 Å². The molecule has 0 spiro atoms. The van der Waals surface area contributed by atoms with Gasteiger partial charge in [0.2, 0.25) is 5.91 Å². The maximum Gasteiger partial charge on any atom is 0.274 e. The van der Waals surface area contributed by atoms with Crippen LogP contribution in [0.25, 0.3) is 0 Å². The van der Waals surface area contributed by atoms with E-state index in [1.165, 1.54) is 38.5 Å². The summed E-state index contributed by atoms with van der Waals surface area (Å²) in [6, 6.07) is 3.30. The van der Waals surface area contributed by atoms with Gasteiger partial charge in [-0.05, 0) is 57.1 Å². The molecule has 0 radical (unpaired) electrons. The van der Waals surface area contributed by atoms with Crippen LogP contribution in [0, 0.1) is 23.6 Å². The average Bonchev–Trinajstić information content (AvgIpc) is 3.98. The van der Waals surface area contributed by atoms with Crippen LogP contribution < -0.4 is 15.4 Å². The van der Waals surface area contributed by atoms with E-state index < -0.39 is 11.7 Å². The zero-order chi connectivity index (χ0) is 32.0. The third kappa shape index (κ3) is 7.16. The third-order valence-electron chi connectivity index (χ3n) is 8.34. The van der Waals surface area contributed by atoms with Gasteiger partial charge >= 0.3 is 0 Å². The second-order valence-corrected chi connectivity index (χ2v) is 11.7. The molecule has 1 aromatic carbocycles. The van der Waals surface area contributed by atoms with E-state index in [9.17, 15) is 18.8 Å². The Morgan fingerprint density at radius 3 is 2.39 bits per heavy atom. The number of methoxy groups -OCH3 is 1. The van der Waals surface area contributed by atoms with E-state index in [4.69, 9.17) is 32.4 Å². The topological polar surface area (TPSA) is 144 Å². The maximum absolute atomic E-state index is 13.3. The summed E-state index contributed by atoms with van der Waals surface area (Å²) in [7, 11) is 1.29. The number of piperidine rings is 1. The van der Waals surface area contributed by atoms with Crippen molar-refractivity contribution in [2.45, 2.75) is 76.8 Å². The molecule has 5 aliphatic rings. The Morgan fingerprint density at radius 1 is 1.18 bits per heavy atom. The van der Waals surface area contributed by atoms with Crippen LogP contribution >= 0.6 is 11.6 Å². The highest BCUT2D eigenvalue weighted by Gasteiger charge is 2.50. The first-order chi connectivity index (χ1) is 21.3. The van der Waals surface area contributed by atoms with Crippen LogP contribution in [-0.2, 0) is 16.0 Å². The number of carbonyl (C=O) groups is 3. The number of carbonyl (C=O) groups excluding carboxylic acids is 3. The number of nitrogens with zero attached hydrogens (tertiary/aromatic N) is 5. The first-order valence-electron chi connectivity index (χ1n) is 15.1. The standard InChI is InChI=1S/C19H26N4O3.C8H7ClFNO2.C3H6.CHN/c1-2-21-16(24)4-3-14-17(19(25)22-8-5-12-11-15(12)22)20-23(18(14)21)13-6-9-26-10-7-13;1-13-5-3-2-4(9)6(7(5)10)8(11)12;1-2-3-1;1-2/h12-13,15H,2-11H2,1H3;2-3H,1H3,(H2,11,12);1-3H2;1H. The molecule has 2 N–H and O–H groups in total. The van der Waals surface area contributed by atoms with Crippen molar-refractivity contribution in [3.05, 3.63) is 39.8 Å². The predicted octanol–water partition coefficient (Wildman–Crippen LogP) is 4.66. The van der Waals surface area contributed by atoms with Gasteiger partial charge in [-0.15, -0.1) is 0 Å². The molecule has 4 heterocycles. The molecule has 2 unspecified atom stereocenters. The van der Waals surface area contributed by atoms with Crippen LogP contribution in [0.1, 0.15) is 90.7 Å². The summed E-state index contributed by atoms with van der Waals surface area (Å²) in [4.78, 5) is 40.3. The number of primary amides is 1. The fourth-order valence-corrected chi connectivity index (χ4v) is 6.08. The quantitative estimate of drug-likeness (QED) is 0.506. The normalized spacial score (nSPS) is 21.3. The number of amides is 3. The molecule has 2 aliphatic carbocycles. The lowest BCUT2D eigenvalue weighted by Crippen LogP contribution is -2.37. The number of nitrogens with two attached hydrogens (primary N) is 1. The number of fused-ring (bicyclic) bond motifs is 2. The van der Waals surface area contributed by atoms with Crippen LogP contribution in [0.3, 0.4) is 0 Å². The van der Waals surface area contributed by atoms with Crippen molar-refractivity contribution in [2.75, 3.05) is 38.3 Å². The fourth-order valence-electron chi connectivity index (χ4n) is 5.84. The van der Waals surface area contributed by atoms with Crippen LogP contribution in [0.2, 0.25) is 5.02 Å². The smallest absolute Gasteiger partial charge is 0.274 e. The maximum atomic E-state index is 13.3. The molecule has 0 bridgehead atoms. The van der Waals surface area contributed by atoms with Crippen LogP contribution in [0.4, 0.5) is 10.2 Å². The second-order valence-electron chi connectivity index (χ2n) is 11.3. The number of rotatable bonds is 5. The number of benzene rings is 1. The zero-order valence-electron chi connectivity index (χ0n) is 25.3. The number of anilines is 1. The first-order valence-corrected chi connectivity index (χ1v) is 15.5. The van der Waals surface area contributed by atoms with Crippen molar-refractivity contribution in [3.8, 4) is 12.3 Å². The van der Waals surface area contributed by atoms with Gasteiger partial charge in [0, 0.05) is 50.9 Å². The summed E-state index contributed by atoms with van der Waals surface area (Å²) < 4.78 is 25.4. The molecule has 238 valence electrons. The average molecular weight is 631 g/mol. The lowest BCUT2D eigenvalue weighted by atomic mass is 10.0. The van der Waals surface area contributed by atoms with E-state index in [0.717, 1.165) is 43.6 Å². The second kappa shape index (κ2) is 14.9. The largest absolute Gasteiger partial charge is 0.494 e. The lowest BCUT2D eigenvalue weighted by molar-refractivity contribution is -0.118. The molecule has 3 aliphatic heterocycles. The highest BCUT2D eigenvalue weighted by molar-refractivity contribution is 6.33. The van der Waals surface area contributed by atoms with Crippen molar-refractivity contribution in [1.29, 1.82) is 5.26 Å². The van der Waals surface area contributed by atoms with Crippen molar-refractivity contribution >= 4 is 35.1 Å². The van der Waals surface area contributed by atoms with E-state index in [1.54, 1.807) is 0 Å². The third-order valence-corrected chi connectivity index (χ3v) is 8.66. The molecule has 3 amide bonds. The Kier molecular flexibility index (Phi) is 11.2. The molecule has 1 aromatic heterocycles. The molecule has 4 fully saturated rings. The molecule has 11 nitrogen and oxygen atoms in total. The minimum Gasteiger partial charge on any atom is -0.494 e. The van der Waals surface area contributed by atoms with E-state index in [1.807, 2.05) is 21.4 Å².